The molecule has 5 heteroatoms. The third kappa shape index (κ3) is 2.63. The van der Waals surface area contributed by atoms with E-state index in [1.807, 2.05) is 48.5 Å². The van der Waals surface area contributed by atoms with Gasteiger partial charge in [-0.1, -0.05) is 24.3 Å². The largest absolute Gasteiger partial charge is 0.477 e. The van der Waals surface area contributed by atoms with Gasteiger partial charge in [0.05, 0.1) is 17.9 Å². The fourth-order valence-corrected chi connectivity index (χ4v) is 2.42. The number of carbonyl (C=O) groups excluding carboxylic acids is 1. The summed E-state index contributed by atoms with van der Waals surface area (Å²) in [6.45, 7) is 0.452. The maximum atomic E-state index is 12.2. The molecule has 2 N–H and O–H groups in total. The minimum Gasteiger partial charge on any atom is -0.477 e. The van der Waals surface area contributed by atoms with Crippen LogP contribution in [0.15, 0.2) is 53.0 Å². The number of hydrogen-bond donors (Lipinski definition) is 2. The second-order valence-electron chi connectivity index (χ2n) is 4.45. The number of benzene rings is 2. The minimum absolute atomic E-state index is 0.168. The quantitative estimate of drug-likeness (QED) is 0.887. The van der Waals surface area contributed by atoms with Crippen LogP contribution in [0.3, 0.4) is 0 Å². The van der Waals surface area contributed by atoms with Crippen LogP contribution in [0.1, 0.15) is 0 Å². The molecule has 0 radical (unpaired) electrons. The van der Waals surface area contributed by atoms with Crippen LogP contribution in [-0.2, 0) is 4.79 Å². The molecule has 1 aliphatic rings. The van der Waals surface area contributed by atoms with Crippen molar-refractivity contribution in [3.63, 3.8) is 0 Å². The molecule has 0 aromatic heterocycles. The summed E-state index contributed by atoms with van der Waals surface area (Å²) < 4.78 is 6.56. The summed E-state index contributed by atoms with van der Waals surface area (Å²) in [6, 6.07) is 15.1. The van der Waals surface area contributed by atoms with E-state index in [2.05, 4.69) is 26.6 Å². The second-order valence-corrected chi connectivity index (χ2v) is 5.31. The van der Waals surface area contributed by atoms with Gasteiger partial charge < -0.3 is 15.4 Å². The van der Waals surface area contributed by atoms with Crippen molar-refractivity contribution >= 4 is 33.2 Å². The topological polar surface area (TPSA) is 50.4 Å². The average molecular weight is 333 g/mol. The minimum atomic E-state index is -0.544. The van der Waals surface area contributed by atoms with Crippen LogP contribution < -0.4 is 15.4 Å². The Morgan fingerprint density at radius 1 is 1.20 bits per heavy atom. The second kappa shape index (κ2) is 5.54. The number of anilines is 2. The van der Waals surface area contributed by atoms with Gasteiger partial charge in [0.15, 0.2) is 6.10 Å². The predicted molar refractivity (Wildman–Crippen MR) is 82.1 cm³/mol. The number of carbonyl (C=O) groups is 1. The van der Waals surface area contributed by atoms with E-state index in [9.17, 15) is 4.79 Å². The average Bonchev–Trinajstić information content (AvgIpc) is 2.49. The van der Waals surface area contributed by atoms with E-state index in [4.69, 9.17) is 4.74 Å². The standard InChI is InChI=1S/C15H13BrN2O2/c16-10-5-1-2-6-11(10)18-15(19)14-9-17-12-7-3-4-8-13(12)20-14/h1-8,14,17H,9H2,(H,18,19). The van der Waals surface area contributed by atoms with E-state index in [0.717, 1.165) is 15.8 Å². The fourth-order valence-electron chi connectivity index (χ4n) is 2.04. The normalized spacial score (nSPS) is 16.6. The highest BCUT2D eigenvalue weighted by Crippen LogP contribution is 2.29. The molecule has 0 spiro atoms. The summed E-state index contributed by atoms with van der Waals surface area (Å²) in [5, 5.41) is 6.06. The van der Waals surface area contributed by atoms with Gasteiger partial charge in [-0.2, -0.15) is 0 Å². The van der Waals surface area contributed by atoms with Crippen LogP contribution in [0, 0.1) is 0 Å². The molecule has 102 valence electrons. The van der Waals surface area contributed by atoms with Gasteiger partial charge in [-0.3, -0.25) is 4.79 Å². The fraction of sp³-hybridized carbons (Fsp3) is 0.133. The van der Waals surface area contributed by atoms with Crippen LogP contribution >= 0.6 is 15.9 Å². The SMILES string of the molecule is O=C(Nc1ccccc1Br)C1CNc2ccccc2O1. The molecular weight excluding hydrogens is 320 g/mol. The maximum absolute atomic E-state index is 12.2. The first-order valence-electron chi connectivity index (χ1n) is 6.29. The van der Waals surface area contributed by atoms with E-state index < -0.39 is 6.10 Å². The number of hydrogen-bond acceptors (Lipinski definition) is 3. The van der Waals surface area contributed by atoms with Crippen molar-refractivity contribution in [3.05, 3.63) is 53.0 Å². The number of nitrogens with one attached hydrogen (secondary N) is 2. The summed E-state index contributed by atoms with van der Waals surface area (Å²) in [4.78, 5) is 12.2. The van der Waals surface area contributed by atoms with Crippen LogP contribution in [-0.4, -0.2) is 18.6 Å². The van der Waals surface area contributed by atoms with Gasteiger partial charge in [0.2, 0.25) is 0 Å². The van der Waals surface area contributed by atoms with Crippen LogP contribution in [0.25, 0.3) is 0 Å². The number of fused-ring (bicyclic) bond motifs is 1. The lowest BCUT2D eigenvalue weighted by Gasteiger charge is -2.26. The summed E-state index contributed by atoms with van der Waals surface area (Å²) in [6.07, 6.45) is -0.544. The zero-order valence-corrected chi connectivity index (χ0v) is 12.2. The van der Waals surface area contributed by atoms with Gasteiger partial charge in [0.25, 0.3) is 5.91 Å². The van der Waals surface area contributed by atoms with Crippen molar-refractivity contribution in [2.24, 2.45) is 0 Å². The lowest BCUT2D eigenvalue weighted by atomic mass is 10.2. The Labute approximate surface area is 125 Å². The van der Waals surface area contributed by atoms with Crippen molar-refractivity contribution in [2.45, 2.75) is 6.10 Å². The van der Waals surface area contributed by atoms with Gasteiger partial charge in [-0.15, -0.1) is 0 Å². The number of halogens is 1. The Balaban J connectivity index is 1.72. The molecule has 2 aromatic carbocycles. The van der Waals surface area contributed by atoms with E-state index in [1.165, 1.54) is 0 Å². The number of rotatable bonds is 2. The highest BCUT2D eigenvalue weighted by atomic mass is 79.9. The Hall–Kier alpha value is -2.01. The van der Waals surface area contributed by atoms with Crippen molar-refractivity contribution in [3.8, 4) is 5.75 Å². The van der Waals surface area contributed by atoms with E-state index in [0.29, 0.717) is 12.3 Å². The molecule has 0 aliphatic carbocycles. The first-order valence-corrected chi connectivity index (χ1v) is 7.08. The molecule has 1 heterocycles. The van der Waals surface area contributed by atoms with Crippen LogP contribution in [0.2, 0.25) is 0 Å². The lowest BCUT2D eigenvalue weighted by Crippen LogP contribution is -2.41. The third-order valence-electron chi connectivity index (χ3n) is 3.06. The van der Waals surface area contributed by atoms with Crippen LogP contribution in [0.4, 0.5) is 11.4 Å². The van der Waals surface area contributed by atoms with Gasteiger partial charge in [0, 0.05) is 4.47 Å². The Morgan fingerprint density at radius 2 is 1.95 bits per heavy atom. The first kappa shape index (κ1) is 13.0. The molecule has 3 rings (SSSR count). The number of ether oxygens (including phenoxy) is 1. The lowest BCUT2D eigenvalue weighted by molar-refractivity contribution is -0.122. The summed E-state index contributed by atoms with van der Waals surface area (Å²) in [5.41, 5.74) is 1.65. The molecule has 20 heavy (non-hydrogen) atoms. The zero-order valence-electron chi connectivity index (χ0n) is 10.6. The van der Waals surface area contributed by atoms with Gasteiger partial charge in [-0.05, 0) is 40.2 Å². The van der Waals surface area contributed by atoms with Crippen molar-refractivity contribution in [1.29, 1.82) is 0 Å². The molecule has 0 fully saturated rings. The number of para-hydroxylation sites is 3. The molecule has 0 saturated carbocycles. The van der Waals surface area contributed by atoms with Crippen molar-refractivity contribution < 1.29 is 9.53 Å². The first-order chi connectivity index (χ1) is 9.74. The molecule has 0 saturated heterocycles. The Bertz CT molecular complexity index is 645. The smallest absolute Gasteiger partial charge is 0.267 e. The number of amides is 1. The Kier molecular flexibility index (Phi) is 3.60. The molecule has 1 amide bonds. The van der Waals surface area contributed by atoms with Crippen LogP contribution in [0.5, 0.6) is 5.75 Å². The van der Waals surface area contributed by atoms with Crippen molar-refractivity contribution in [2.75, 3.05) is 17.2 Å². The molecule has 1 aliphatic heterocycles. The molecular formula is C15H13BrN2O2. The highest BCUT2D eigenvalue weighted by molar-refractivity contribution is 9.10. The highest BCUT2D eigenvalue weighted by Gasteiger charge is 2.25. The zero-order chi connectivity index (χ0) is 13.9. The van der Waals surface area contributed by atoms with Crippen molar-refractivity contribution in [1.82, 2.24) is 0 Å². The monoisotopic (exact) mass is 332 g/mol. The van der Waals surface area contributed by atoms with Gasteiger partial charge in [0.1, 0.15) is 5.75 Å². The molecule has 2 aromatic rings. The van der Waals surface area contributed by atoms with E-state index in [-0.39, 0.29) is 5.91 Å². The van der Waals surface area contributed by atoms with Gasteiger partial charge >= 0.3 is 0 Å². The van der Waals surface area contributed by atoms with E-state index in [1.54, 1.807) is 0 Å². The Morgan fingerprint density at radius 3 is 2.80 bits per heavy atom. The van der Waals surface area contributed by atoms with Gasteiger partial charge in [-0.25, -0.2) is 0 Å². The summed E-state index contributed by atoms with van der Waals surface area (Å²) >= 11 is 3.40. The maximum Gasteiger partial charge on any atom is 0.267 e. The molecule has 1 atom stereocenters. The predicted octanol–water partition coefficient (Wildman–Crippen LogP) is 3.26. The third-order valence-corrected chi connectivity index (χ3v) is 3.75. The van der Waals surface area contributed by atoms with E-state index >= 15 is 0 Å². The molecule has 0 bridgehead atoms. The molecule has 4 nitrogen and oxygen atoms in total. The summed E-state index contributed by atoms with van der Waals surface area (Å²) in [7, 11) is 0. The molecule has 1 unspecified atom stereocenters. The summed E-state index contributed by atoms with van der Waals surface area (Å²) in [5.74, 6) is 0.532.